The Morgan fingerprint density at radius 3 is 1.52 bits per heavy atom. The Labute approximate surface area is 470 Å². The summed E-state index contributed by atoms with van der Waals surface area (Å²) in [6, 6.07) is 50.5. The summed E-state index contributed by atoms with van der Waals surface area (Å²) in [5.74, 6) is 2.01. The SMILES string of the molecule is NC(=NC=Nc1ccc(OC(F)(F)F)cc1)c1ccc(/C=N/N=C2\SCCN2c2cc(C3CC3c3ccccc3N3CCS/C3=N\N=C\c3ccc(C(N)=NC=Nc4ccc(OC(F)(F)F)cc4)cc3)ccc2-c2ccccc2)cc1. The summed E-state index contributed by atoms with van der Waals surface area (Å²) in [6.45, 7) is 1.55. The lowest BCUT2D eigenvalue weighted by atomic mass is 9.97. The van der Waals surface area contributed by atoms with Gasteiger partial charge in [-0.3, -0.25) is 0 Å². The van der Waals surface area contributed by atoms with Gasteiger partial charge in [0.25, 0.3) is 0 Å². The number of thioether (sulfide) groups is 2. The molecule has 2 unspecified atom stereocenters. The summed E-state index contributed by atoms with van der Waals surface area (Å²) >= 11 is 3.31. The van der Waals surface area contributed by atoms with Gasteiger partial charge < -0.3 is 30.7 Å². The minimum atomic E-state index is -4.78. The van der Waals surface area contributed by atoms with Gasteiger partial charge >= 0.3 is 12.7 Å². The summed E-state index contributed by atoms with van der Waals surface area (Å²) < 4.78 is 82.7. The summed E-state index contributed by atoms with van der Waals surface area (Å²) in [4.78, 5) is 21.1. The molecular formula is C59H48F6N12O2S2. The molecule has 2 aliphatic heterocycles. The Hall–Kier alpha value is -9.02. The molecule has 0 spiro atoms. The van der Waals surface area contributed by atoms with Crippen LogP contribution >= 0.6 is 23.5 Å². The van der Waals surface area contributed by atoms with E-state index in [0.717, 1.165) is 75.0 Å². The number of nitrogens with zero attached hydrogens (tertiary/aromatic N) is 10. The van der Waals surface area contributed by atoms with Gasteiger partial charge in [-0.2, -0.15) is 10.2 Å². The van der Waals surface area contributed by atoms with Crippen molar-refractivity contribution < 1.29 is 35.8 Å². The van der Waals surface area contributed by atoms with Crippen molar-refractivity contribution in [1.29, 1.82) is 0 Å². The number of benzene rings is 7. The Morgan fingerprint density at radius 2 is 1.01 bits per heavy atom. The normalized spacial score (nSPS) is 18.2. The van der Waals surface area contributed by atoms with Gasteiger partial charge in [-0.1, -0.05) is 133 Å². The lowest BCUT2D eigenvalue weighted by Gasteiger charge is -2.23. The first-order valence-corrected chi connectivity index (χ1v) is 27.1. The van der Waals surface area contributed by atoms with Crippen LogP contribution in [-0.4, -0.2) is 84.4 Å². The van der Waals surface area contributed by atoms with Crippen LogP contribution in [-0.2, 0) is 0 Å². The number of nitrogens with two attached hydrogens (primary N) is 2. The molecule has 0 radical (unpaired) electrons. The predicted molar refractivity (Wildman–Crippen MR) is 315 cm³/mol. The topological polar surface area (TPSA) is 176 Å². The number of hydrogen-bond donors (Lipinski definition) is 2. The van der Waals surface area contributed by atoms with Crippen LogP contribution in [0.1, 0.15) is 51.6 Å². The maximum absolute atomic E-state index is 12.5. The van der Waals surface area contributed by atoms with Crippen LogP contribution in [0.2, 0.25) is 0 Å². The highest BCUT2D eigenvalue weighted by Crippen LogP contribution is 2.58. The third-order valence-electron chi connectivity index (χ3n) is 12.9. The summed E-state index contributed by atoms with van der Waals surface area (Å²) in [7, 11) is 0. The van der Waals surface area contributed by atoms with Gasteiger partial charge in [0.05, 0.1) is 29.5 Å². The Morgan fingerprint density at radius 1 is 0.531 bits per heavy atom. The first kappa shape index (κ1) is 55.3. The maximum atomic E-state index is 12.5. The largest absolute Gasteiger partial charge is 0.573 e. The van der Waals surface area contributed by atoms with E-state index in [0.29, 0.717) is 34.3 Å². The first-order chi connectivity index (χ1) is 39.2. The molecule has 81 heavy (non-hydrogen) atoms. The van der Waals surface area contributed by atoms with Gasteiger partial charge in [0.2, 0.25) is 0 Å². The van der Waals surface area contributed by atoms with Crippen LogP contribution in [0, 0.1) is 0 Å². The fourth-order valence-electron chi connectivity index (χ4n) is 8.94. The molecule has 4 N–H and O–H groups in total. The third kappa shape index (κ3) is 14.8. The minimum absolute atomic E-state index is 0.200. The lowest BCUT2D eigenvalue weighted by Crippen LogP contribution is -2.24. The number of ether oxygens (including phenoxy) is 2. The highest BCUT2D eigenvalue weighted by Gasteiger charge is 2.42. The van der Waals surface area contributed by atoms with Crippen LogP contribution in [0.5, 0.6) is 11.5 Å². The van der Waals surface area contributed by atoms with Crippen molar-refractivity contribution in [3.8, 4) is 22.6 Å². The number of para-hydroxylation sites is 1. The molecule has 0 bridgehead atoms. The second-order valence-corrected chi connectivity index (χ2v) is 20.4. The molecule has 10 rings (SSSR count). The van der Waals surface area contributed by atoms with Crippen molar-refractivity contribution in [3.63, 3.8) is 0 Å². The highest BCUT2D eigenvalue weighted by molar-refractivity contribution is 8.14. The van der Waals surface area contributed by atoms with Crippen molar-refractivity contribution >= 4 is 93.4 Å². The van der Waals surface area contributed by atoms with Crippen molar-refractivity contribution in [2.75, 3.05) is 34.4 Å². The standard InChI is InChI=1S/C59H48F6N12O2S2/c60-58(61,62)78-46-23-19-44(20-24-46)68-36-70-54(66)41-14-10-38(11-15-41)34-72-74-56-76(28-30-80-56)52-9-5-4-8-49(52)51-33-50(51)43-18-27-48(40-6-2-1-3-7-40)53(32-43)77-29-31-81-57(77)75-73-35-39-12-16-42(17-13-39)55(67)71-37-69-45-21-25-47(26-22-45)79-59(63,64)65/h1-27,32,34-37,50-51H,28-31,33H2,(H2,66,68,70)(H2,67,69,71)/b72-34+,73-35+,74-56-,75-57-. The molecular weight excluding hydrogens is 1090 g/mol. The van der Waals surface area contributed by atoms with E-state index >= 15 is 0 Å². The maximum Gasteiger partial charge on any atom is 0.573 e. The smallest absolute Gasteiger partial charge is 0.406 e. The van der Waals surface area contributed by atoms with Gasteiger partial charge in [0, 0.05) is 47.0 Å². The van der Waals surface area contributed by atoms with E-state index < -0.39 is 12.7 Å². The fourth-order valence-corrected chi connectivity index (χ4v) is 10.8. The molecule has 2 atom stereocenters. The monoisotopic (exact) mass is 1130 g/mol. The van der Waals surface area contributed by atoms with Crippen LogP contribution in [0.25, 0.3) is 11.1 Å². The molecule has 410 valence electrons. The Balaban J connectivity index is 0.789. The van der Waals surface area contributed by atoms with E-state index in [9.17, 15) is 26.3 Å². The van der Waals surface area contributed by atoms with Crippen molar-refractivity contribution in [2.45, 2.75) is 31.0 Å². The summed E-state index contributed by atoms with van der Waals surface area (Å²) in [5.41, 5.74) is 22.9. The molecule has 3 fully saturated rings. The van der Waals surface area contributed by atoms with E-state index in [1.165, 1.54) is 72.3 Å². The third-order valence-corrected chi connectivity index (χ3v) is 14.8. The molecule has 1 saturated carbocycles. The van der Waals surface area contributed by atoms with Crippen LogP contribution in [0.4, 0.5) is 49.1 Å². The van der Waals surface area contributed by atoms with Crippen LogP contribution < -0.4 is 30.7 Å². The number of alkyl halides is 6. The van der Waals surface area contributed by atoms with Crippen LogP contribution in [0.3, 0.4) is 0 Å². The molecule has 2 saturated heterocycles. The lowest BCUT2D eigenvalue weighted by molar-refractivity contribution is -0.275. The van der Waals surface area contributed by atoms with Crippen molar-refractivity contribution in [2.24, 2.45) is 51.8 Å². The highest BCUT2D eigenvalue weighted by atomic mass is 32.2. The Bertz CT molecular complexity index is 3590. The fraction of sp³-hybridized carbons (Fsp3) is 0.153. The molecule has 3 aliphatic rings. The average molecular weight is 1140 g/mol. The second-order valence-electron chi connectivity index (χ2n) is 18.2. The van der Waals surface area contributed by atoms with Gasteiger partial charge in [0.15, 0.2) is 10.3 Å². The number of aliphatic imine (C=N–C) groups is 4. The van der Waals surface area contributed by atoms with Crippen LogP contribution in [0.15, 0.2) is 210 Å². The van der Waals surface area contributed by atoms with Crippen molar-refractivity contribution in [1.82, 2.24) is 0 Å². The van der Waals surface area contributed by atoms with Crippen molar-refractivity contribution in [3.05, 3.63) is 203 Å². The van der Waals surface area contributed by atoms with E-state index in [4.69, 9.17) is 16.6 Å². The zero-order chi connectivity index (χ0) is 56.3. The molecule has 0 amide bonds. The van der Waals surface area contributed by atoms with Gasteiger partial charge in [-0.15, -0.1) is 36.5 Å². The first-order valence-electron chi connectivity index (χ1n) is 25.1. The second kappa shape index (κ2) is 25.0. The predicted octanol–water partition coefficient (Wildman–Crippen LogP) is 13.4. The molecule has 22 heteroatoms. The zero-order valence-corrected chi connectivity index (χ0v) is 44.3. The van der Waals surface area contributed by atoms with E-state index in [1.54, 1.807) is 60.2 Å². The average Bonchev–Trinajstić information content (AvgIpc) is 3.80. The quantitative estimate of drug-likeness (QED) is 0.0392. The Kier molecular flexibility index (Phi) is 17.0. The molecule has 7 aromatic rings. The number of hydrogen-bond acceptors (Lipinski definition) is 10. The van der Waals surface area contributed by atoms with Gasteiger partial charge in [-0.05, 0) is 107 Å². The molecule has 0 aromatic heterocycles. The van der Waals surface area contributed by atoms with E-state index in [-0.39, 0.29) is 23.2 Å². The molecule has 7 aromatic carbocycles. The number of rotatable bonds is 17. The van der Waals surface area contributed by atoms with Gasteiger partial charge in [0.1, 0.15) is 35.8 Å². The molecule has 14 nitrogen and oxygen atoms in total. The summed E-state index contributed by atoms with van der Waals surface area (Å²) in [6.07, 6.45) is -2.73. The zero-order valence-electron chi connectivity index (χ0n) is 42.7. The molecule has 1 aliphatic carbocycles. The minimum Gasteiger partial charge on any atom is -0.406 e. The van der Waals surface area contributed by atoms with E-state index in [1.807, 2.05) is 42.5 Å². The van der Waals surface area contributed by atoms with E-state index in [2.05, 4.69) is 109 Å². The number of halogens is 6. The summed E-state index contributed by atoms with van der Waals surface area (Å²) in [5, 5.41) is 20.0. The molecule has 2 heterocycles. The number of anilines is 2. The van der Waals surface area contributed by atoms with Gasteiger partial charge in [-0.25, -0.2) is 20.0 Å². The number of amidine groups is 4.